The van der Waals surface area contributed by atoms with Gasteiger partial charge in [0, 0.05) is 51.6 Å². The average molecular weight is 226 g/mol. The number of carbonyl (C=O) groups excluding carboxylic acids is 1. The van der Waals surface area contributed by atoms with Gasteiger partial charge in [0.2, 0.25) is 0 Å². The van der Waals surface area contributed by atoms with Gasteiger partial charge in [-0.1, -0.05) is 0 Å². The number of ketones is 1. The Bertz CT molecular complexity index is 227. The normalized spacial score (nSPS) is 26.2. The molecule has 0 unspecified atom stereocenters. The van der Waals surface area contributed by atoms with E-state index in [9.17, 15) is 4.79 Å². The molecule has 2 aliphatic rings. The van der Waals surface area contributed by atoms with Crippen LogP contribution in [0.4, 0.5) is 0 Å². The van der Waals surface area contributed by atoms with Crippen molar-refractivity contribution in [3.05, 3.63) is 0 Å². The van der Waals surface area contributed by atoms with Crippen molar-refractivity contribution in [2.75, 3.05) is 39.3 Å². The molecule has 4 heteroatoms. The van der Waals surface area contributed by atoms with E-state index in [4.69, 9.17) is 5.11 Å². The lowest BCUT2D eigenvalue weighted by molar-refractivity contribution is -0.121. The molecule has 0 atom stereocenters. The third-order valence-electron chi connectivity index (χ3n) is 3.85. The second-order valence-electron chi connectivity index (χ2n) is 4.87. The monoisotopic (exact) mass is 226 g/mol. The van der Waals surface area contributed by atoms with Crippen LogP contribution in [0, 0.1) is 0 Å². The number of β-amino-alcohol motifs (C(OH)–C–C–N with tert-alkyl or cyclic N) is 1. The van der Waals surface area contributed by atoms with Crippen molar-refractivity contribution in [3.8, 4) is 0 Å². The van der Waals surface area contributed by atoms with Gasteiger partial charge in [-0.25, -0.2) is 0 Å². The molecule has 0 bridgehead atoms. The van der Waals surface area contributed by atoms with Crippen LogP contribution in [0.5, 0.6) is 0 Å². The molecule has 0 aromatic carbocycles. The Morgan fingerprint density at radius 3 is 2.31 bits per heavy atom. The molecule has 1 saturated carbocycles. The zero-order valence-corrected chi connectivity index (χ0v) is 9.90. The van der Waals surface area contributed by atoms with Crippen molar-refractivity contribution < 1.29 is 9.90 Å². The Kier molecular flexibility index (Phi) is 4.32. The summed E-state index contributed by atoms with van der Waals surface area (Å²) in [6.07, 6.45) is 3.67. The van der Waals surface area contributed by atoms with Crippen molar-refractivity contribution >= 4 is 5.78 Å². The van der Waals surface area contributed by atoms with Crippen LogP contribution in [0.15, 0.2) is 0 Å². The Hall–Kier alpha value is -0.450. The minimum Gasteiger partial charge on any atom is -0.395 e. The number of nitrogens with zero attached hydrogens (tertiary/aromatic N) is 2. The summed E-state index contributed by atoms with van der Waals surface area (Å²) in [4.78, 5) is 16.0. The number of aliphatic hydroxyl groups is 1. The van der Waals surface area contributed by atoms with Gasteiger partial charge in [-0.15, -0.1) is 0 Å². The van der Waals surface area contributed by atoms with Gasteiger partial charge in [0.05, 0.1) is 6.61 Å². The zero-order chi connectivity index (χ0) is 11.4. The Balaban J connectivity index is 1.74. The molecule has 92 valence electrons. The number of hydrogen-bond acceptors (Lipinski definition) is 4. The summed E-state index contributed by atoms with van der Waals surface area (Å²) < 4.78 is 0. The number of hydrogen-bond donors (Lipinski definition) is 1. The van der Waals surface area contributed by atoms with Crippen molar-refractivity contribution in [2.24, 2.45) is 0 Å². The van der Waals surface area contributed by atoms with Gasteiger partial charge in [-0.05, 0) is 12.8 Å². The molecule has 0 spiro atoms. The maximum atomic E-state index is 11.2. The van der Waals surface area contributed by atoms with Crippen LogP contribution in [0.25, 0.3) is 0 Å². The van der Waals surface area contributed by atoms with E-state index in [1.54, 1.807) is 0 Å². The fraction of sp³-hybridized carbons (Fsp3) is 0.917. The van der Waals surface area contributed by atoms with Crippen molar-refractivity contribution in [2.45, 2.75) is 31.7 Å². The molecule has 0 amide bonds. The van der Waals surface area contributed by atoms with E-state index in [0.29, 0.717) is 11.8 Å². The first-order valence-electron chi connectivity index (χ1n) is 6.38. The first kappa shape index (κ1) is 12.0. The van der Waals surface area contributed by atoms with E-state index in [2.05, 4.69) is 9.80 Å². The van der Waals surface area contributed by atoms with Gasteiger partial charge < -0.3 is 5.11 Å². The standard InChI is InChI=1S/C12H22N2O2/c15-10-9-13-5-7-14(8-6-13)11-1-3-12(16)4-2-11/h11,15H,1-10H2. The van der Waals surface area contributed by atoms with Gasteiger partial charge in [0.15, 0.2) is 0 Å². The minimum absolute atomic E-state index is 0.262. The molecule has 1 aliphatic heterocycles. The van der Waals surface area contributed by atoms with E-state index >= 15 is 0 Å². The highest BCUT2D eigenvalue weighted by molar-refractivity contribution is 5.79. The van der Waals surface area contributed by atoms with Crippen LogP contribution in [-0.2, 0) is 4.79 Å². The lowest BCUT2D eigenvalue weighted by Gasteiger charge is -2.40. The summed E-state index contributed by atoms with van der Waals surface area (Å²) in [5, 5.41) is 8.87. The van der Waals surface area contributed by atoms with Crippen LogP contribution in [0.1, 0.15) is 25.7 Å². The van der Waals surface area contributed by atoms with E-state index in [0.717, 1.165) is 58.4 Å². The van der Waals surface area contributed by atoms with Crippen LogP contribution >= 0.6 is 0 Å². The first-order chi connectivity index (χ1) is 7.79. The van der Waals surface area contributed by atoms with Crippen molar-refractivity contribution in [3.63, 3.8) is 0 Å². The van der Waals surface area contributed by atoms with Gasteiger partial charge in [-0.2, -0.15) is 0 Å². The number of carbonyl (C=O) groups is 1. The summed E-state index contributed by atoms with van der Waals surface area (Å²) in [6, 6.07) is 0.633. The second-order valence-corrected chi connectivity index (χ2v) is 4.87. The number of rotatable bonds is 3. The molecule has 1 aliphatic carbocycles. The van der Waals surface area contributed by atoms with Gasteiger partial charge in [0.1, 0.15) is 5.78 Å². The van der Waals surface area contributed by atoms with Crippen molar-refractivity contribution in [1.29, 1.82) is 0 Å². The highest BCUT2D eigenvalue weighted by Gasteiger charge is 2.26. The van der Waals surface area contributed by atoms with Gasteiger partial charge in [-0.3, -0.25) is 14.6 Å². The molecule has 2 rings (SSSR count). The fourth-order valence-electron chi connectivity index (χ4n) is 2.78. The number of piperazine rings is 1. The molecular weight excluding hydrogens is 204 g/mol. The maximum Gasteiger partial charge on any atom is 0.133 e. The SMILES string of the molecule is O=C1CCC(N2CCN(CCO)CC2)CC1. The molecule has 16 heavy (non-hydrogen) atoms. The summed E-state index contributed by atoms with van der Waals surface area (Å²) in [5.74, 6) is 0.440. The number of aliphatic hydroxyl groups excluding tert-OH is 1. The van der Waals surface area contributed by atoms with E-state index < -0.39 is 0 Å². The second kappa shape index (κ2) is 5.75. The zero-order valence-electron chi connectivity index (χ0n) is 9.90. The Morgan fingerprint density at radius 2 is 1.75 bits per heavy atom. The highest BCUT2D eigenvalue weighted by Crippen LogP contribution is 2.21. The van der Waals surface area contributed by atoms with Gasteiger partial charge >= 0.3 is 0 Å². The first-order valence-corrected chi connectivity index (χ1v) is 6.38. The van der Waals surface area contributed by atoms with Crippen LogP contribution in [-0.4, -0.2) is 66.1 Å². The predicted octanol–water partition coefficient (Wildman–Crippen LogP) is 0.108. The lowest BCUT2D eigenvalue weighted by Crippen LogP contribution is -2.51. The van der Waals surface area contributed by atoms with Crippen LogP contribution in [0.2, 0.25) is 0 Å². The summed E-state index contributed by atoms with van der Waals surface area (Å²) in [7, 11) is 0. The van der Waals surface area contributed by atoms with Crippen molar-refractivity contribution in [1.82, 2.24) is 9.80 Å². The third kappa shape index (κ3) is 3.03. The van der Waals surface area contributed by atoms with E-state index in [1.807, 2.05) is 0 Å². The quantitative estimate of drug-likeness (QED) is 0.742. The molecule has 2 fully saturated rings. The molecule has 0 aromatic rings. The summed E-state index contributed by atoms with van der Waals surface area (Å²) in [5.41, 5.74) is 0. The lowest BCUT2D eigenvalue weighted by atomic mass is 9.93. The van der Waals surface area contributed by atoms with E-state index in [1.165, 1.54) is 0 Å². The largest absolute Gasteiger partial charge is 0.395 e. The molecule has 4 nitrogen and oxygen atoms in total. The fourth-order valence-corrected chi connectivity index (χ4v) is 2.78. The Labute approximate surface area is 97.2 Å². The average Bonchev–Trinajstić information content (AvgIpc) is 2.32. The van der Waals surface area contributed by atoms with Crippen LogP contribution in [0.3, 0.4) is 0 Å². The molecule has 1 saturated heterocycles. The number of Topliss-reactive ketones (excluding diaryl/α,β-unsaturated/α-hetero) is 1. The summed E-state index contributed by atoms with van der Waals surface area (Å²) >= 11 is 0. The summed E-state index contributed by atoms with van der Waals surface area (Å²) in [6.45, 7) is 5.38. The Morgan fingerprint density at radius 1 is 1.12 bits per heavy atom. The molecule has 0 radical (unpaired) electrons. The van der Waals surface area contributed by atoms with Gasteiger partial charge in [0.25, 0.3) is 0 Å². The predicted molar refractivity (Wildman–Crippen MR) is 62.4 cm³/mol. The molecular formula is C12H22N2O2. The molecule has 1 N–H and O–H groups in total. The molecule has 0 aromatic heterocycles. The smallest absolute Gasteiger partial charge is 0.133 e. The maximum absolute atomic E-state index is 11.2. The molecule has 1 heterocycles. The third-order valence-corrected chi connectivity index (χ3v) is 3.85. The van der Waals surface area contributed by atoms with E-state index in [-0.39, 0.29) is 6.61 Å². The minimum atomic E-state index is 0.262. The van der Waals surface area contributed by atoms with Crippen LogP contribution < -0.4 is 0 Å². The highest BCUT2D eigenvalue weighted by atomic mass is 16.3. The topological polar surface area (TPSA) is 43.8 Å².